The van der Waals surface area contributed by atoms with Crippen LogP contribution in [-0.4, -0.2) is 24.0 Å². The molecule has 1 fully saturated rings. The Bertz CT molecular complexity index is 428. The first-order valence-corrected chi connectivity index (χ1v) is 5.33. The van der Waals surface area contributed by atoms with Gasteiger partial charge in [-0.1, -0.05) is 18.2 Å². The number of imide groups is 1. The van der Waals surface area contributed by atoms with E-state index in [2.05, 4.69) is 0 Å². The van der Waals surface area contributed by atoms with Crippen molar-refractivity contribution < 1.29 is 19.2 Å². The van der Waals surface area contributed by atoms with Crippen molar-refractivity contribution in [2.75, 3.05) is 7.11 Å². The topological polar surface area (TPSA) is 55.8 Å². The SMILES string of the molecule is COc1ccccc1CON1C(=O)CCC1=O. The molecule has 5 heteroatoms. The third-order valence-corrected chi connectivity index (χ3v) is 2.55. The van der Waals surface area contributed by atoms with Crippen LogP contribution in [0, 0.1) is 0 Å². The molecule has 0 atom stereocenters. The van der Waals surface area contributed by atoms with E-state index in [4.69, 9.17) is 9.57 Å². The van der Waals surface area contributed by atoms with E-state index in [0.29, 0.717) is 5.75 Å². The monoisotopic (exact) mass is 235 g/mol. The van der Waals surface area contributed by atoms with E-state index in [9.17, 15) is 9.59 Å². The number of nitrogens with zero attached hydrogens (tertiary/aromatic N) is 1. The van der Waals surface area contributed by atoms with Crippen molar-refractivity contribution in [3.8, 4) is 5.75 Å². The van der Waals surface area contributed by atoms with Gasteiger partial charge >= 0.3 is 0 Å². The minimum Gasteiger partial charge on any atom is -0.496 e. The number of hydrogen-bond acceptors (Lipinski definition) is 4. The molecule has 0 unspecified atom stereocenters. The summed E-state index contributed by atoms with van der Waals surface area (Å²) in [6.07, 6.45) is 0.454. The molecule has 0 saturated carbocycles. The number of amides is 2. The van der Waals surface area contributed by atoms with Crippen molar-refractivity contribution >= 4 is 11.8 Å². The third kappa shape index (κ3) is 2.45. The minimum absolute atomic E-state index is 0.140. The first kappa shape index (κ1) is 11.6. The van der Waals surface area contributed by atoms with Crippen LogP contribution in [0.15, 0.2) is 24.3 Å². The molecule has 0 N–H and O–H groups in total. The van der Waals surface area contributed by atoms with Crippen molar-refractivity contribution in [2.24, 2.45) is 0 Å². The number of carbonyl (C=O) groups is 2. The van der Waals surface area contributed by atoms with Crippen LogP contribution in [0.2, 0.25) is 0 Å². The van der Waals surface area contributed by atoms with Gasteiger partial charge in [0, 0.05) is 18.4 Å². The maximum Gasteiger partial charge on any atom is 0.254 e. The average Bonchev–Trinajstić information content (AvgIpc) is 2.67. The van der Waals surface area contributed by atoms with Gasteiger partial charge in [0.1, 0.15) is 12.4 Å². The van der Waals surface area contributed by atoms with E-state index in [1.165, 1.54) is 0 Å². The Kier molecular flexibility index (Phi) is 3.39. The van der Waals surface area contributed by atoms with Gasteiger partial charge in [0.2, 0.25) is 0 Å². The Labute approximate surface area is 98.9 Å². The molecular weight excluding hydrogens is 222 g/mol. The summed E-state index contributed by atoms with van der Waals surface area (Å²) in [7, 11) is 1.56. The van der Waals surface area contributed by atoms with Crippen LogP contribution in [0.4, 0.5) is 0 Å². The van der Waals surface area contributed by atoms with Crippen LogP contribution in [-0.2, 0) is 21.0 Å². The van der Waals surface area contributed by atoms with Gasteiger partial charge in [-0.15, -0.1) is 0 Å². The summed E-state index contributed by atoms with van der Waals surface area (Å²) in [5, 5.41) is 0.840. The number of ether oxygens (including phenoxy) is 1. The summed E-state index contributed by atoms with van der Waals surface area (Å²) in [5.41, 5.74) is 0.794. The van der Waals surface area contributed by atoms with Gasteiger partial charge in [-0.25, -0.2) is 0 Å². The molecule has 0 bridgehead atoms. The van der Waals surface area contributed by atoms with Crippen molar-refractivity contribution in [2.45, 2.75) is 19.4 Å². The second-order valence-corrected chi connectivity index (χ2v) is 3.67. The Hall–Kier alpha value is -1.88. The lowest BCUT2D eigenvalue weighted by Crippen LogP contribution is -2.29. The van der Waals surface area contributed by atoms with Gasteiger partial charge in [-0.2, -0.15) is 5.06 Å². The fourth-order valence-electron chi connectivity index (χ4n) is 1.66. The summed E-state index contributed by atoms with van der Waals surface area (Å²) >= 11 is 0. The molecule has 5 nitrogen and oxygen atoms in total. The Balaban J connectivity index is 2.02. The van der Waals surface area contributed by atoms with Crippen LogP contribution in [0.25, 0.3) is 0 Å². The van der Waals surface area contributed by atoms with Crippen molar-refractivity contribution in [1.82, 2.24) is 5.06 Å². The predicted octanol–water partition coefficient (Wildman–Crippen LogP) is 1.28. The summed E-state index contributed by atoms with van der Waals surface area (Å²) in [6.45, 7) is 0.140. The fraction of sp³-hybridized carbons (Fsp3) is 0.333. The van der Waals surface area contributed by atoms with Crippen molar-refractivity contribution in [1.29, 1.82) is 0 Å². The van der Waals surface area contributed by atoms with Crippen LogP contribution < -0.4 is 4.74 Å². The molecule has 1 aromatic rings. The fourth-order valence-corrected chi connectivity index (χ4v) is 1.66. The quantitative estimate of drug-likeness (QED) is 0.737. The Morgan fingerprint density at radius 1 is 1.18 bits per heavy atom. The zero-order valence-electron chi connectivity index (χ0n) is 9.51. The first-order valence-electron chi connectivity index (χ1n) is 5.33. The minimum atomic E-state index is -0.287. The van der Waals surface area contributed by atoms with E-state index in [1.807, 2.05) is 18.2 Å². The number of hydrogen-bond donors (Lipinski definition) is 0. The standard InChI is InChI=1S/C12H13NO4/c1-16-10-5-3-2-4-9(10)8-17-13-11(14)6-7-12(13)15/h2-5H,6-8H2,1H3. The van der Waals surface area contributed by atoms with Crippen LogP contribution in [0.1, 0.15) is 18.4 Å². The molecule has 0 aromatic heterocycles. The van der Waals surface area contributed by atoms with Crippen LogP contribution in [0.5, 0.6) is 5.75 Å². The number of methoxy groups -OCH3 is 1. The third-order valence-electron chi connectivity index (χ3n) is 2.55. The zero-order chi connectivity index (χ0) is 12.3. The highest BCUT2D eigenvalue weighted by Gasteiger charge is 2.30. The lowest BCUT2D eigenvalue weighted by molar-refractivity contribution is -0.191. The van der Waals surface area contributed by atoms with Crippen molar-refractivity contribution in [3.05, 3.63) is 29.8 Å². The molecule has 1 aliphatic heterocycles. The molecule has 1 aliphatic rings. The van der Waals surface area contributed by atoms with E-state index in [1.54, 1.807) is 13.2 Å². The number of benzene rings is 1. The molecule has 90 valence electrons. The largest absolute Gasteiger partial charge is 0.496 e. The van der Waals surface area contributed by atoms with Crippen LogP contribution in [0.3, 0.4) is 0 Å². The number of carbonyl (C=O) groups excluding carboxylic acids is 2. The first-order chi connectivity index (χ1) is 8.22. The second-order valence-electron chi connectivity index (χ2n) is 3.67. The molecule has 0 aliphatic carbocycles. The summed E-state index contributed by atoms with van der Waals surface area (Å²) in [5.74, 6) is 0.0985. The maximum atomic E-state index is 11.3. The smallest absolute Gasteiger partial charge is 0.254 e. The van der Waals surface area contributed by atoms with Gasteiger partial charge < -0.3 is 4.74 Å². The molecule has 2 amide bonds. The summed E-state index contributed by atoms with van der Waals surface area (Å²) in [6, 6.07) is 7.31. The van der Waals surface area contributed by atoms with Gasteiger partial charge in [-0.3, -0.25) is 14.4 Å². The highest BCUT2D eigenvalue weighted by molar-refractivity contribution is 6.00. The lowest BCUT2D eigenvalue weighted by Gasteiger charge is -2.14. The molecule has 2 rings (SSSR count). The normalized spacial score (nSPS) is 15.5. The Morgan fingerprint density at radius 3 is 2.47 bits per heavy atom. The highest BCUT2D eigenvalue weighted by atomic mass is 16.7. The van der Waals surface area contributed by atoms with E-state index in [0.717, 1.165) is 10.6 Å². The molecule has 1 saturated heterocycles. The van der Waals surface area contributed by atoms with Crippen LogP contribution >= 0.6 is 0 Å². The van der Waals surface area contributed by atoms with Gasteiger partial charge in [0.05, 0.1) is 7.11 Å². The summed E-state index contributed by atoms with van der Waals surface area (Å²) in [4.78, 5) is 27.8. The average molecular weight is 235 g/mol. The molecule has 0 spiro atoms. The number of para-hydroxylation sites is 1. The lowest BCUT2D eigenvalue weighted by atomic mass is 10.2. The highest BCUT2D eigenvalue weighted by Crippen LogP contribution is 2.20. The van der Waals surface area contributed by atoms with Gasteiger partial charge in [0.25, 0.3) is 11.8 Å². The summed E-state index contributed by atoms with van der Waals surface area (Å²) < 4.78 is 5.15. The molecule has 1 aromatic carbocycles. The van der Waals surface area contributed by atoms with Gasteiger partial charge in [0.15, 0.2) is 0 Å². The van der Waals surface area contributed by atoms with Gasteiger partial charge in [-0.05, 0) is 6.07 Å². The maximum absolute atomic E-state index is 11.3. The number of hydroxylamine groups is 2. The number of rotatable bonds is 4. The van der Waals surface area contributed by atoms with E-state index >= 15 is 0 Å². The molecule has 1 heterocycles. The predicted molar refractivity (Wildman–Crippen MR) is 58.9 cm³/mol. The Morgan fingerprint density at radius 2 is 1.82 bits per heavy atom. The second kappa shape index (κ2) is 4.97. The van der Waals surface area contributed by atoms with E-state index in [-0.39, 0.29) is 31.3 Å². The van der Waals surface area contributed by atoms with Crippen molar-refractivity contribution in [3.63, 3.8) is 0 Å². The molecular formula is C12H13NO4. The molecule has 0 radical (unpaired) electrons. The zero-order valence-corrected chi connectivity index (χ0v) is 9.51. The molecule has 17 heavy (non-hydrogen) atoms. The van der Waals surface area contributed by atoms with E-state index < -0.39 is 0 Å².